The molecule has 74 valence electrons. The van der Waals surface area contributed by atoms with Gasteiger partial charge in [-0.2, -0.15) is 5.10 Å². The van der Waals surface area contributed by atoms with Gasteiger partial charge in [-0.15, -0.1) is 0 Å². The fourth-order valence-corrected chi connectivity index (χ4v) is 1.39. The summed E-state index contributed by atoms with van der Waals surface area (Å²) in [5.41, 5.74) is 2.44. The molecule has 0 aromatic carbocycles. The summed E-state index contributed by atoms with van der Waals surface area (Å²) in [6, 6.07) is 0.634. The molecule has 3 heteroatoms. The maximum atomic E-state index is 3.99. The summed E-state index contributed by atoms with van der Waals surface area (Å²) in [7, 11) is 0. The number of aromatic amines is 1. The molecular formula is C10H19N3. The molecule has 0 saturated heterocycles. The molecule has 0 unspecified atom stereocenters. The maximum absolute atomic E-state index is 3.99. The van der Waals surface area contributed by atoms with Crippen molar-refractivity contribution < 1.29 is 0 Å². The summed E-state index contributed by atoms with van der Waals surface area (Å²) in [5, 5.41) is 10.4. The lowest BCUT2D eigenvalue weighted by molar-refractivity contribution is 0.483. The first kappa shape index (κ1) is 10.3. The normalized spacial score (nSPS) is 11.1. The lowest BCUT2D eigenvalue weighted by atomic mass is 10.1. The third-order valence-corrected chi connectivity index (χ3v) is 2.50. The summed E-state index contributed by atoms with van der Waals surface area (Å²) in [6.45, 7) is 7.40. The summed E-state index contributed by atoms with van der Waals surface area (Å²) >= 11 is 0. The van der Waals surface area contributed by atoms with Crippen LogP contribution < -0.4 is 5.32 Å². The van der Waals surface area contributed by atoms with Gasteiger partial charge in [0.1, 0.15) is 0 Å². The third-order valence-electron chi connectivity index (χ3n) is 2.50. The van der Waals surface area contributed by atoms with Crippen molar-refractivity contribution in [3.05, 3.63) is 17.5 Å². The van der Waals surface area contributed by atoms with Crippen molar-refractivity contribution in [2.45, 2.75) is 46.2 Å². The standard InChI is InChI=1S/C10H19N3/c1-4-10(5-2)11-6-9-7-12-13-8(9)3/h7,10-11H,4-6H2,1-3H3,(H,12,13). The van der Waals surface area contributed by atoms with E-state index in [1.165, 1.54) is 24.1 Å². The second-order valence-corrected chi connectivity index (χ2v) is 3.41. The van der Waals surface area contributed by atoms with Crippen molar-refractivity contribution in [2.24, 2.45) is 0 Å². The van der Waals surface area contributed by atoms with Crippen LogP contribution in [0.3, 0.4) is 0 Å². The van der Waals surface area contributed by atoms with E-state index in [1.54, 1.807) is 0 Å². The number of H-pyrrole nitrogens is 1. The van der Waals surface area contributed by atoms with E-state index in [4.69, 9.17) is 0 Å². The first-order valence-corrected chi connectivity index (χ1v) is 5.00. The highest BCUT2D eigenvalue weighted by molar-refractivity contribution is 5.13. The summed E-state index contributed by atoms with van der Waals surface area (Å²) in [5.74, 6) is 0. The molecule has 1 heterocycles. The van der Waals surface area contributed by atoms with Crippen LogP contribution in [0.1, 0.15) is 37.9 Å². The van der Waals surface area contributed by atoms with E-state index in [2.05, 4.69) is 36.3 Å². The van der Waals surface area contributed by atoms with Crippen molar-refractivity contribution in [2.75, 3.05) is 0 Å². The van der Waals surface area contributed by atoms with Gasteiger partial charge in [0.2, 0.25) is 0 Å². The molecule has 1 aromatic rings. The molecule has 3 nitrogen and oxygen atoms in total. The molecule has 0 spiro atoms. The number of nitrogens with one attached hydrogen (secondary N) is 2. The van der Waals surface area contributed by atoms with Crippen LogP contribution in [-0.2, 0) is 6.54 Å². The Labute approximate surface area is 79.9 Å². The Hall–Kier alpha value is -0.830. The largest absolute Gasteiger partial charge is 0.310 e. The molecule has 0 aliphatic carbocycles. The summed E-state index contributed by atoms with van der Waals surface area (Å²) in [6.07, 6.45) is 4.27. The molecular weight excluding hydrogens is 162 g/mol. The van der Waals surface area contributed by atoms with Gasteiger partial charge < -0.3 is 5.32 Å². The molecule has 0 amide bonds. The lowest BCUT2D eigenvalue weighted by Gasteiger charge is -2.13. The second-order valence-electron chi connectivity index (χ2n) is 3.41. The highest BCUT2D eigenvalue weighted by Gasteiger charge is 2.04. The average Bonchev–Trinajstić information content (AvgIpc) is 2.54. The van der Waals surface area contributed by atoms with E-state index in [-0.39, 0.29) is 0 Å². The van der Waals surface area contributed by atoms with Crippen LogP contribution >= 0.6 is 0 Å². The minimum atomic E-state index is 0.634. The van der Waals surface area contributed by atoms with Gasteiger partial charge >= 0.3 is 0 Å². The van der Waals surface area contributed by atoms with Crippen molar-refractivity contribution in [1.82, 2.24) is 15.5 Å². The van der Waals surface area contributed by atoms with Crippen LogP contribution in [-0.4, -0.2) is 16.2 Å². The van der Waals surface area contributed by atoms with Crippen LogP contribution in [0.2, 0.25) is 0 Å². The number of aryl methyl sites for hydroxylation is 1. The Morgan fingerprint density at radius 3 is 2.62 bits per heavy atom. The Balaban J connectivity index is 2.38. The predicted molar refractivity (Wildman–Crippen MR) is 54.5 cm³/mol. The Kier molecular flexibility index (Phi) is 3.96. The number of aromatic nitrogens is 2. The maximum Gasteiger partial charge on any atom is 0.0535 e. The summed E-state index contributed by atoms with van der Waals surface area (Å²) < 4.78 is 0. The van der Waals surface area contributed by atoms with Gasteiger partial charge in [0.05, 0.1) is 6.20 Å². The van der Waals surface area contributed by atoms with E-state index in [0.717, 1.165) is 6.54 Å². The van der Waals surface area contributed by atoms with Gasteiger partial charge in [0.15, 0.2) is 0 Å². The van der Waals surface area contributed by atoms with Crippen LogP contribution in [0.4, 0.5) is 0 Å². The minimum Gasteiger partial charge on any atom is -0.310 e. The van der Waals surface area contributed by atoms with Crippen molar-refractivity contribution >= 4 is 0 Å². The van der Waals surface area contributed by atoms with E-state index < -0.39 is 0 Å². The quantitative estimate of drug-likeness (QED) is 0.729. The number of hydrogen-bond donors (Lipinski definition) is 2. The fraction of sp³-hybridized carbons (Fsp3) is 0.700. The van der Waals surface area contributed by atoms with Crippen molar-refractivity contribution in [3.8, 4) is 0 Å². The summed E-state index contributed by atoms with van der Waals surface area (Å²) in [4.78, 5) is 0. The molecule has 0 fully saturated rings. The van der Waals surface area contributed by atoms with Crippen LogP contribution in [0.5, 0.6) is 0 Å². The second kappa shape index (κ2) is 5.02. The highest BCUT2D eigenvalue weighted by atomic mass is 15.1. The minimum absolute atomic E-state index is 0.634. The molecule has 1 rings (SSSR count). The molecule has 0 aliphatic heterocycles. The van der Waals surface area contributed by atoms with E-state index in [1.807, 2.05) is 6.20 Å². The lowest BCUT2D eigenvalue weighted by Crippen LogP contribution is -2.27. The monoisotopic (exact) mass is 181 g/mol. The van der Waals surface area contributed by atoms with Gasteiger partial charge in [-0.3, -0.25) is 5.10 Å². The van der Waals surface area contributed by atoms with Gasteiger partial charge in [-0.25, -0.2) is 0 Å². The first-order chi connectivity index (χ1) is 6.27. The SMILES string of the molecule is CCC(CC)NCc1cn[nH]c1C. The fourth-order valence-electron chi connectivity index (χ4n) is 1.39. The number of nitrogens with zero attached hydrogens (tertiary/aromatic N) is 1. The molecule has 2 N–H and O–H groups in total. The van der Waals surface area contributed by atoms with Gasteiger partial charge in [0, 0.05) is 23.8 Å². The van der Waals surface area contributed by atoms with Gasteiger partial charge in [0.25, 0.3) is 0 Å². The molecule has 0 aliphatic rings. The van der Waals surface area contributed by atoms with Crippen LogP contribution in [0.15, 0.2) is 6.20 Å². The van der Waals surface area contributed by atoms with Crippen LogP contribution in [0.25, 0.3) is 0 Å². The average molecular weight is 181 g/mol. The number of hydrogen-bond acceptors (Lipinski definition) is 2. The molecule has 1 aromatic heterocycles. The van der Waals surface area contributed by atoms with Crippen LogP contribution in [0, 0.1) is 6.92 Å². The van der Waals surface area contributed by atoms with Gasteiger partial charge in [-0.05, 0) is 19.8 Å². The zero-order valence-electron chi connectivity index (χ0n) is 8.72. The first-order valence-electron chi connectivity index (χ1n) is 5.00. The smallest absolute Gasteiger partial charge is 0.0535 e. The topological polar surface area (TPSA) is 40.7 Å². The Morgan fingerprint density at radius 2 is 2.15 bits per heavy atom. The van der Waals surface area contributed by atoms with E-state index >= 15 is 0 Å². The zero-order valence-corrected chi connectivity index (χ0v) is 8.72. The highest BCUT2D eigenvalue weighted by Crippen LogP contribution is 2.04. The Bertz CT molecular complexity index is 238. The van der Waals surface area contributed by atoms with E-state index in [9.17, 15) is 0 Å². The predicted octanol–water partition coefficient (Wildman–Crippen LogP) is 2.00. The third kappa shape index (κ3) is 2.84. The van der Waals surface area contributed by atoms with E-state index in [0.29, 0.717) is 6.04 Å². The molecule has 0 radical (unpaired) electrons. The molecule has 13 heavy (non-hydrogen) atoms. The zero-order chi connectivity index (χ0) is 9.68. The van der Waals surface area contributed by atoms with Crippen molar-refractivity contribution in [3.63, 3.8) is 0 Å². The van der Waals surface area contributed by atoms with Crippen molar-refractivity contribution in [1.29, 1.82) is 0 Å². The molecule has 0 saturated carbocycles. The Morgan fingerprint density at radius 1 is 1.46 bits per heavy atom. The van der Waals surface area contributed by atoms with Gasteiger partial charge in [-0.1, -0.05) is 13.8 Å². The molecule has 0 atom stereocenters. The number of rotatable bonds is 5. The molecule has 0 bridgehead atoms.